The highest BCUT2D eigenvalue weighted by Gasteiger charge is 2.44. The lowest BCUT2D eigenvalue weighted by molar-refractivity contribution is -0.385. The van der Waals surface area contributed by atoms with Crippen molar-refractivity contribution in [1.82, 2.24) is 5.32 Å². The number of benzene rings is 3. The van der Waals surface area contributed by atoms with Gasteiger partial charge in [-0.25, -0.2) is 0 Å². The number of nitrogens with one attached hydrogen (secondary N) is 1. The summed E-state index contributed by atoms with van der Waals surface area (Å²) in [5, 5.41) is 26.3. The van der Waals surface area contributed by atoms with E-state index in [0.717, 1.165) is 5.56 Å². The molecular weight excluding hydrogens is 497 g/mol. The van der Waals surface area contributed by atoms with Crippen LogP contribution in [-0.2, 0) is 33.4 Å². The van der Waals surface area contributed by atoms with Gasteiger partial charge in [0, 0.05) is 18.7 Å². The van der Waals surface area contributed by atoms with E-state index in [1.54, 1.807) is 12.1 Å². The second-order valence-corrected chi connectivity index (χ2v) is 11.6. The lowest BCUT2D eigenvalue weighted by atomic mass is 9.96. The average Bonchev–Trinajstić information content (AvgIpc) is 2.86. The predicted octanol–water partition coefficient (Wildman–Crippen LogP) is 6.59. The van der Waals surface area contributed by atoms with Crippen LogP contribution in [0.5, 0.6) is 0 Å². The van der Waals surface area contributed by atoms with Gasteiger partial charge in [0.15, 0.2) is 0 Å². The standard InChI is InChI=1S/C26H30N3O7P/c1-26(2,3)25(27-17-20-11-5-4-6-12-20)37(34,35-18-21-13-7-9-15-23(21)28(30)31)36-19-22-14-8-10-16-24(22)29(32)33/h4-16,25,27H,17-19H2,1-3H3/t25-/m1/s1. The first-order valence-electron chi connectivity index (χ1n) is 11.6. The Kier molecular flexibility index (Phi) is 9.29. The molecule has 0 bridgehead atoms. The largest absolute Gasteiger partial charge is 0.348 e. The number of para-hydroxylation sites is 2. The zero-order valence-corrected chi connectivity index (χ0v) is 21.8. The molecule has 10 nitrogen and oxygen atoms in total. The van der Waals surface area contributed by atoms with E-state index < -0.39 is 28.6 Å². The summed E-state index contributed by atoms with van der Waals surface area (Å²) in [5.74, 6) is -0.842. The summed E-state index contributed by atoms with van der Waals surface area (Å²) in [6.07, 6.45) is 0. The molecular formula is C26H30N3O7P. The van der Waals surface area contributed by atoms with Crippen LogP contribution in [0.2, 0.25) is 0 Å². The first kappa shape index (κ1) is 28.1. The molecule has 3 rings (SSSR count). The zero-order valence-electron chi connectivity index (χ0n) is 20.9. The third kappa shape index (κ3) is 7.53. The molecule has 0 heterocycles. The zero-order chi connectivity index (χ0) is 27.1. The number of hydrogen-bond acceptors (Lipinski definition) is 8. The smallest absolute Gasteiger partial charge is 0.302 e. The van der Waals surface area contributed by atoms with Crippen LogP contribution in [0.4, 0.5) is 11.4 Å². The average molecular weight is 528 g/mol. The molecule has 3 aromatic carbocycles. The van der Waals surface area contributed by atoms with Gasteiger partial charge in [-0.05, 0) is 23.1 Å². The molecule has 0 fully saturated rings. The first-order chi connectivity index (χ1) is 17.5. The molecule has 0 saturated carbocycles. The van der Waals surface area contributed by atoms with Crippen LogP contribution in [0.1, 0.15) is 37.5 Å². The number of nitro groups is 2. The third-order valence-corrected chi connectivity index (χ3v) is 8.22. The van der Waals surface area contributed by atoms with Crippen molar-refractivity contribution in [3.05, 3.63) is 116 Å². The lowest BCUT2D eigenvalue weighted by Gasteiger charge is -2.36. The van der Waals surface area contributed by atoms with Crippen molar-refractivity contribution in [2.45, 2.75) is 46.3 Å². The number of hydrogen-bond donors (Lipinski definition) is 1. The summed E-state index contributed by atoms with van der Waals surface area (Å²) in [5.41, 5.74) is 0.431. The van der Waals surface area contributed by atoms with Gasteiger partial charge in [0.1, 0.15) is 5.78 Å². The van der Waals surface area contributed by atoms with Crippen LogP contribution in [0.25, 0.3) is 0 Å². The Balaban J connectivity index is 1.95. The topological polar surface area (TPSA) is 134 Å². The summed E-state index contributed by atoms with van der Waals surface area (Å²) in [7, 11) is -4.08. The molecule has 0 saturated heterocycles. The van der Waals surface area contributed by atoms with Crippen LogP contribution in [0.15, 0.2) is 78.9 Å². The molecule has 196 valence electrons. The number of nitro benzene ring substituents is 2. The minimum absolute atomic E-state index is 0.169. The van der Waals surface area contributed by atoms with Crippen molar-refractivity contribution in [3.8, 4) is 0 Å². The summed E-state index contributed by atoms with van der Waals surface area (Å²) < 4.78 is 26.2. The second-order valence-electron chi connectivity index (χ2n) is 9.49. The maximum Gasteiger partial charge on any atom is 0.348 e. The Morgan fingerprint density at radius 2 is 1.22 bits per heavy atom. The second kappa shape index (κ2) is 12.2. The van der Waals surface area contributed by atoms with Gasteiger partial charge in [-0.1, -0.05) is 75.4 Å². The quantitative estimate of drug-likeness (QED) is 0.158. The fraction of sp³-hybridized carbons (Fsp3) is 0.308. The van der Waals surface area contributed by atoms with Crippen molar-refractivity contribution in [3.63, 3.8) is 0 Å². The van der Waals surface area contributed by atoms with Crippen LogP contribution in [-0.4, -0.2) is 15.6 Å². The van der Waals surface area contributed by atoms with Crippen molar-refractivity contribution >= 4 is 19.0 Å². The van der Waals surface area contributed by atoms with Gasteiger partial charge in [0.25, 0.3) is 11.4 Å². The summed E-state index contributed by atoms with van der Waals surface area (Å²) >= 11 is 0. The molecule has 0 aliphatic heterocycles. The molecule has 0 spiro atoms. The minimum atomic E-state index is -4.08. The molecule has 0 radical (unpaired) electrons. The van der Waals surface area contributed by atoms with E-state index >= 15 is 0 Å². The van der Waals surface area contributed by atoms with Gasteiger partial charge in [0.05, 0.1) is 34.2 Å². The Labute approximate surface area is 215 Å². The Hall–Kier alpha value is -3.43. The highest BCUT2D eigenvalue weighted by molar-refractivity contribution is 7.54. The highest BCUT2D eigenvalue weighted by atomic mass is 31.2. The van der Waals surface area contributed by atoms with Crippen molar-refractivity contribution in [1.29, 1.82) is 0 Å². The van der Waals surface area contributed by atoms with Crippen LogP contribution >= 0.6 is 7.60 Å². The van der Waals surface area contributed by atoms with Gasteiger partial charge < -0.3 is 9.05 Å². The minimum Gasteiger partial charge on any atom is -0.302 e. The van der Waals surface area contributed by atoms with E-state index in [1.165, 1.54) is 36.4 Å². The molecule has 0 aromatic heterocycles. The monoisotopic (exact) mass is 527 g/mol. The normalized spacial score (nSPS) is 12.7. The summed E-state index contributed by atoms with van der Waals surface area (Å²) in [6.45, 7) is 5.27. The molecule has 37 heavy (non-hydrogen) atoms. The van der Waals surface area contributed by atoms with E-state index in [-0.39, 0.29) is 35.7 Å². The molecule has 0 aliphatic rings. The number of rotatable bonds is 12. The van der Waals surface area contributed by atoms with Crippen molar-refractivity contribution in [2.24, 2.45) is 5.41 Å². The van der Waals surface area contributed by atoms with E-state index in [9.17, 15) is 24.8 Å². The molecule has 0 aliphatic carbocycles. The van der Waals surface area contributed by atoms with E-state index in [0.29, 0.717) is 6.54 Å². The van der Waals surface area contributed by atoms with Crippen molar-refractivity contribution in [2.75, 3.05) is 0 Å². The third-order valence-electron chi connectivity index (χ3n) is 5.66. The number of nitrogens with zero attached hydrogens (tertiary/aromatic N) is 2. The molecule has 1 atom stereocenters. The first-order valence-corrected chi connectivity index (χ1v) is 13.2. The molecule has 11 heteroatoms. The Morgan fingerprint density at radius 1 is 0.784 bits per heavy atom. The maximum atomic E-state index is 14.4. The van der Waals surface area contributed by atoms with Gasteiger partial charge in [0.2, 0.25) is 0 Å². The SMILES string of the molecule is CC(C)(C)[C@H](NCc1ccccc1)P(=O)(OCc1ccccc1[N+](=O)[O-])OCc1ccccc1[N+](=O)[O-]. The van der Waals surface area contributed by atoms with E-state index in [1.807, 2.05) is 51.1 Å². The van der Waals surface area contributed by atoms with E-state index in [4.69, 9.17) is 9.05 Å². The van der Waals surface area contributed by atoms with Crippen LogP contribution in [0.3, 0.4) is 0 Å². The lowest BCUT2D eigenvalue weighted by Crippen LogP contribution is -2.40. The Bertz CT molecular complexity index is 1210. The fourth-order valence-electron chi connectivity index (χ4n) is 3.83. The van der Waals surface area contributed by atoms with Crippen LogP contribution < -0.4 is 5.32 Å². The maximum absolute atomic E-state index is 14.4. The van der Waals surface area contributed by atoms with Gasteiger partial charge in [-0.3, -0.25) is 30.1 Å². The highest BCUT2D eigenvalue weighted by Crippen LogP contribution is 2.59. The fourth-order valence-corrected chi connectivity index (χ4v) is 6.10. The molecule has 1 N–H and O–H groups in total. The molecule has 0 amide bonds. The van der Waals surface area contributed by atoms with E-state index in [2.05, 4.69) is 5.32 Å². The Morgan fingerprint density at radius 3 is 1.65 bits per heavy atom. The van der Waals surface area contributed by atoms with Crippen LogP contribution in [0, 0.1) is 25.6 Å². The van der Waals surface area contributed by atoms with Gasteiger partial charge in [-0.15, -0.1) is 0 Å². The molecule has 0 unspecified atom stereocenters. The summed E-state index contributed by atoms with van der Waals surface area (Å²) in [6, 6.07) is 21.5. The predicted molar refractivity (Wildman–Crippen MR) is 140 cm³/mol. The van der Waals surface area contributed by atoms with Gasteiger partial charge >= 0.3 is 7.60 Å². The molecule has 3 aromatic rings. The summed E-state index contributed by atoms with van der Waals surface area (Å²) in [4.78, 5) is 21.9. The van der Waals surface area contributed by atoms with Crippen molar-refractivity contribution < 1.29 is 23.5 Å². The van der Waals surface area contributed by atoms with Gasteiger partial charge in [-0.2, -0.15) is 0 Å².